The van der Waals surface area contributed by atoms with Crippen LogP contribution in [0.25, 0.3) is 11.2 Å². The summed E-state index contributed by atoms with van der Waals surface area (Å²) in [7, 11) is -2.82. The number of aromatic nitrogens is 4. The number of ether oxygens (including phenoxy) is 1. The molecule has 0 bridgehead atoms. The van der Waals surface area contributed by atoms with Gasteiger partial charge < -0.3 is 34.8 Å². The summed E-state index contributed by atoms with van der Waals surface area (Å²) in [4.78, 5) is 23.7. The summed E-state index contributed by atoms with van der Waals surface area (Å²) < 4.78 is 28.1. The van der Waals surface area contributed by atoms with Crippen LogP contribution in [0, 0.1) is 0 Å². The van der Waals surface area contributed by atoms with E-state index in [0.29, 0.717) is 17.1 Å². The van der Waals surface area contributed by atoms with Gasteiger partial charge in [-0.05, 0) is 0 Å². The minimum atomic E-state index is -4.45. The average molecular weight is 380 g/mol. The predicted molar refractivity (Wildman–Crippen MR) is 77.6 cm³/mol. The minimum absolute atomic E-state index is 0. The molecule has 14 heteroatoms. The summed E-state index contributed by atoms with van der Waals surface area (Å²) in [5.74, 6) is 0.495. The van der Waals surface area contributed by atoms with E-state index >= 15 is 0 Å². The predicted octanol–water partition coefficient (Wildman–Crippen LogP) is -4.40. The molecule has 2 fully saturated rings. The Morgan fingerprint density at radius 1 is 1.52 bits per heavy atom. The van der Waals surface area contributed by atoms with Crippen LogP contribution in [-0.2, 0) is 18.3 Å². The van der Waals surface area contributed by atoms with E-state index in [1.165, 1.54) is 10.9 Å². The number of fused-ring (bicyclic) bond motifs is 2. The maximum atomic E-state index is 11.5. The number of nitrogens with zero attached hydrogens (tertiary/aromatic N) is 4. The first-order valence-corrected chi connectivity index (χ1v) is 8.51. The van der Waals surface area contributed by atoms with Crippen LogP contribution in [0.4, 0.5) is 11.8 Å². The van der Waals surface area contributed by atoms with Crippen molar-refractivity contribution in [3.8, 4) is 0 Å². The number of nitrogens with two attached hydrogens (primary N) is 1. The normalized spacial score (nSPS) is 34.5. The number of nitrogens with one attached hydrogen (secondary N) is 1. The van der Waals surface area contributed by atoms with Crippen molar-refractivity contribution in [1.29, 1.82) is 0 Å². The summed E-state index contributed by atoms with van der Waals surface area (Å²) in [6.45, 7) is -0.238. The molecule has 12 nitrogen and oxygen atoms in total. The van der Waals surface area contributed by atoms with Crippen LogP contribution in [0.15, 0.2) is 6.33 Å². The second kappa shape index (κ2) is 6.72. The van der Waals surface area contributed by atoms with Gasteiger partial charge in [0, 0.05) is 7.05 Å². The van der Waals surface area contributed by atoms with E-state index in [2.05, 4.69) is 24.8 Å². The molecular formula is C11H14N6NaO6P. The van der Waals surface area contributed by atoms with E-state index in [0.717, 1.165) is 0 Å². The third-order valence-electron chi connectivity index (χ3n) is 3.94. The SMILES string of the molecule is CNc1nc2c(N)ncnc2n1[C@@H]1O[C@@H]2COP(=O)([O-])O[C@H]2[C@H]1O.[Na+]. The number of aliphatic hydroxyl groups excluding tert-OH is 1. The Kier molecular flexibility index (Phi) is 5.10. The Labute approximate surface area is 163 Å². The summed E-state index contributed by atoms with van der Waals surface area (Å²) in [6, 6.07) is 0. The first-order chi connectivity index (χ1) is 11.4. The Bertz CT molecular complexity index is 850. The van der Waals surface area contributed by atoms with Gasteiger partial charge in [-0.1, -0.05) is 0 Å². The molecule has 0 saturated carbocycles. The number of hydrogen-bond donors (Lipinski definition) is 3. The fourth-order valence-electron chi connectivity index (χ4n) is 2.89. The number of phosphoric ester groups is 1. The zero-order valence-corrected chi connectivity index (χ0v) is 16.3. The molecule has 4 heterocycles. The van der Waals surface area contributed by atoms with Crippen LogP contribution in [-0.4, -0.2) is 56.6 Å². The smallest absolute Gasteiger partial charge is 0.756 e. The van der Waals surface area contributed by atoms with E-state index in [9.17, 15) is 14.6 Å². The van der Waals surface area contributed by atoms with Crippen molar-refractivity contribution in [2.24, 2.45) is 0 Å². The van der Waals surface area contributed by atoms with Gasteiger partial charge in [0.05, 0.1) is 6.61 Å². The number of anilines is 2. The number of nitrogen functional groups attached to an aromatic ring is 1. The largest absolute Gasteiger partial charge is 1.00 e. The molecule has 1 unspecified atom stereocenters. The number of imidazole rings is 1. The first kappa shape index (κ1) is 19.0. The Hall–Kier alpha value is -0.820. The van der Waals surface area contributed by atoms with Crippen molar-refractivity contribution in [2.75, 3.05) is 24.7 Å². The van der Waals surface area contributed by atoms with E-state index in [1.807, 2.05) is 0 Å². The minimum Gasteiger partial charge on any atom is -0.756 e. The van der Waals surface area contributed by atoms with Crippen molar-refractivity contribution in [2.45, 2.75) is 24.5 Å². The van der Waals surface area contributed by atoms with Crippen molar-refractivity contribution in [3.05, 3.63) is 6.33 Å². The van der Waals surface area contributed by atoms with Gasteiger partial charge in [-0.2, -0.15) is 0 Å². The fourth-order valence-corrected chi connectivity index (χ4v) is 3.83. The van der Waals surface area contributed by atoms with Gasteiger partial charge in [0.1, 0.15) is 24.6 Å². The monoisotopic (exact) mass is 380 g/mol. The second-order valence-electron chi connectivity index (χ2n) is 5.36. The zero-order valence-electron chi connectivity index (χ0n) is 13.4. The summed E-state index contributed by atoms with van der Waals surface area (Å²) in [5.41, 5.74) is 6.46. The van der Waals surface area contributed by atoms with E-state index in [-0.39, 0.29) is 42.0 Å². The zero-order chi connectivity index (χ0) is 17.1. The number of phosphoric acid groups is 1. The third kappa shape index (κ3) is 3.07. The van der Waals surface area contributed by atoms with Crippen LogP contribution in [0.1, 0.15) is 6.23 Å². The molecule has 25 heavy (non-hydrogen) atoms. The van der Waals surface area contributed by atoms with Crippen molar-refractivity contribution in [3.63, 3.8) is 0 Å². The second-order valence-corrected chi connectivity index (χ2v) is 6.72. The van der Waals surface area contributed by atoms with Gasteiger partial charge in [0.15, 0.2) is 23.2 Å². The van der Waals surface area contributed by atoms with Gasteiger partial charge >= 0.3 is 29.6 Å². The maximum Gasteiger partial charge on any atom is 1.00 e. The molecule has 0 radical (unpaired) electrons. The summed E-state index contributed by atoms with van der Waals surface area (Å²) >= 11 is 0. The van der Waals surface area contributed by atoms with Crippen molar-refractivity contribution < 1.29 is 57.9 Å². The average Bonchev–Trinajstić information content (AvgIpc) is 3.06. The molecule has 2 aromatic heterocycles. The van der Waals surface area contributed by atoms with Crippen LogP contribution >= 0.6 is 7.82 Å². The molecule has 0 spiro atoms. The van der Waals surface area contributed by atoms with Crippen LogP contribution in [0.3, 0.4) is 0 Å². The third-order valence-corrected chi connectivity index (χ3v) is 4.91. The Morgan fingerprint density at radius 2 is 2.28 bits per heavy atom. The van der Waals surface area contributed by atoms with E-state index < -0.39 is 32.4 Å². The Morgan fingerprint density at radius 3 is 3.00 bits per heavy atom. The molecule has 2 aromatic rings. The topological polar surface area (TPSA) is 170 Å². The van der Waals surface area contributed by atoms with E-state index in [4.69, 9.17) is 15.0 Å². The number of hydrogen-bond acceptors (Lipinski definition) is 11. The summed E-state index contributed by atoms with van der Waals surface area (Å²) in [6.07, 6.45) is -2.82. The molecule has 2 aliphatic heterocycles. The van der Waals surface area contributed by atoms with Gasteiger partial charge in [0.25, 0.3) is 7.82 Å². The molecule has 0 aromatic carbocycles. The molecule has 0 amide bonds. The van der Waals surface area contributed by atoms with Gasteiger partial charge in [-0.3, -0.25) is 9.13 Å². The fraction of sp³-hybridized carbons (Fsp3) is 0.545. The van der Waals surface area contributed by atoms with Gasteiger partial charge in [-0.25, -0.2) is 15.0 Å². The molecular weight excluding hydrogens is 366 g/mol. The van der Waals surface area contributed by atoms with E-state index in [1.54, 1.807) is 7.05 Å². The molecule has 5 atom stereocenters. The standard InChI is InChI=1S/C11H15N6O6P.Na/c1-13-11-16-5-8(12)14-3-15-9(5)17(11)10-6(18)7-4(22-10)2-21-24(19,20)23-7;/h3-4,6-7,10,18H,2H2,1H3,(H,13,16)(H,19,20)(H2,12,14,15);/q;+1/p-1/t4-,6-,7-,10-;/m1./s1. The first-order valence-electron chi connectivity index (χ1n) is 7.05. The van der Waals surface area contributed by atoms with Crippen LogP contribution in [0.5, 0.6) is 0 Å². The van der Waals surface area contributed by atoms with Crippen molar-refractivity contribution >= 4 is 30.8 Å². The van der Waals surface area contributed by atoms with Crippen LogP contribution in [0.2, 0.25) is 0 Å². The molecule has 2 aliphatic rings. The van der Waals surface area contributed by atoms with Gasteiger partial charge in [-0.15, -0.1) is 0 Å². The number of aliphatic hydroxyl groups is 1. The molecule has 130 valence electrons. The Balaban J connectivity index is 0.00000182. The molecule has 0 aliphatic carbocycles. The maximum absolute atomic E-state index is 11.5. The number of rotatable bonds is 2. The quantitative estimate of drug-likeness (QED) is 0.339. The van der Waals surface area contributed by atoms with Crippen molar-refractivity contribution in [1.82, 2.24) is 19.5 Å². The summed E-state index contributed by atoms with van der Waals surface area (Å²) in [5, 5.41) is 13.4. The molecule has 4 N–H and O–H groups in total. The molecule has 4 rings (SSSR count). The van der Waals surface area contributed by atoms with Crippen LogP contribution < -0.4 is 45.5 Å². The van der Waals surface area contributed by atoms with Gasteiger partial charge in [0.2, 0.25) is 5.95 Å². The molecule has 2 saturated heterocycles.